The molecule has 0 radical (unpaired) electrons. The molecule has 0 bridgehead atoms. The maximum Gasteiger partial charge on any atom is 0.303 e. The Morgan fingerprint density at radius 2 is 1.44 bits per heavy atom. The highest BCUT2D eigenvalue weighted by Gasteiger charge is 2.33. The van der Waals surface area contributed by atoms with E-state index in [9.17, 15) is 33.9 Å². The summed E-state index contributed by atoms with van der Waals surface area (Å²) in [5.74, 6) is -3.06. The number of hydrogen-bond donors (Lipinski definition) is 7. The Hall–Kier alpha value is -3.22. The van der Waals surface area contributed by atoms with Gasteiger partial charge >= 0.3 is 5.97 Å². The van der Waals surface area contributed by atoms with Crippen LogP contribution in [0, 0.1) is 17.8 Å². The SMILES string of the molecule is CCC[C@H](NC(=O)[C@@H](NC(=O)CCCC(=O)O)[C@@H](C)CC)C(=O)N[C@@H](CC(C)C)[C@@H](O)CC(=O)N[C@@H](CC1CCCCC1)C(=O)NCC. The molecule has 13 heteroatoms. The van der Waals surface area contributed by atoms with Crippen LogP contribution in [0.2, 0.25) is 0 Å². The van der Waals surface area contributed by atoms with Gasteiger partial charge in [0.25, 0.3) is 0 Å². The van der Waals surface area contributed by atoms with Crippen LogP contribution in [-0.4, -0.2) is 82.5 Å². The number of aliphatic carboxylic acids is 1. The van der Waals surface area contributed by atoms with Gasteiger partial charge in [0, 0.05) is 19.4 Å². The van der Waals surface area contributed by atoms with Gasteiger partial charge < -0.3 is 36.8 Å². The van der Waals surface area contributed by atoms with Gasteiger partial charge in [-0.2, -0.15) is 0 Å². The number of carbonyl (C=O) groups is 6. The summed E-state index contributed by atoms with van der Waals surface area (Å²) in [5.41, 5.74) is 0. The lowest BCUT2D eigenvalue weighted by Crippen LogP contribution is -2.57. The number of rotatable bonds is 23. The Balaban J connectivity index is 2.98. The average Bonchev–Trinajstić information content (AvgIpc) is 3.02. The van der Waals surface area contributed by atoms with E-state index in [1.165, 1.54) is 6.42 Å². The van der Waals surface area contributed by atoms with Gasteiger partial charge in [-0.05, 0) is 50.4 Å². The molecule has 7 N–H and O–H groups in total. The molecular formula is C35H63N5O8. The predicted octanol–water partition coefficient (Wildman–Crippen LogP) is 2.93. The van der Waals surface area contributed by atoms with E-state index in [0.717, 1.165) is 25.7 Å². The van der Waals surface area contributed by atoms with Crippen LogP contribution in [-0.2, 0) is 28.8 Å². The van der Waals surface area contributed by atoms with Crippen molar-refractivity contribution in [2.45, 2.75) is 162 Å². The third kappa shape index (κ3) is 16.7. The quantitative estimate of drug-likeness (QED) is 0.0853. The molecule has 1 rings (SSSR count). The molecule has 48 heavy (non-hydrogen) atoms. The monoisotopic (exact) mass is 681 g/mol. The van der Waals surface area contributed by atoms with Crippen molar-refractivity contribution in [2.75, 3.05) is 6.54 Å². The van der Waals surface area contributed by atoms with Crippen molar-refractivity contribution in [3.63, 3.8) is 0 Å². The zero-order chi connectivity index (χ0) is 36.2. The zero-order valence-corrected chi connectivity index (χ0v) is 30.1. The summed E-state index contributed by atoms with van der Waals surface area (Å²) >= 11 is 0. The molecular weight excluding hydrogens is 618 g/mol. The number of carboxylic acid groups (broad SMARTS) is 1. The molecule has 0 heterocycles. The summed E-state index contributed by atoms with van der Waals surface area (Å²) in [5, 5.41) is 34.0. The van der Waals surface area contributed by atoms with Gasteiger partial charge in [0.2, 0.25) is 29.5 Å². The minimum Gasteiger partial charge on any atom is -0.481 e. The Morgan fingerprint density at radius 3 is 2.00 bits per heavy atom. The van der Waals surface area contributed by atoms with E-state index in [0.29, 0.717) is 44.6 Å². The number of nitrogens with one attached hydrogen (secondary N) is 5. The van der Waals surface area contributed by atoms with Crippen LogP contribution in [0.15, 0.2) is 0 Å². The molecule has 0 saturated heterocycles. The number of amides is 5. The molecule has 1 aliphatic carbocycles. The molecule has 276 valence electrons. The number of likely N-dealkylation sites (N-methyl/N-ethyl adjacent to an activating group) is 1. The van der Waals surface area contributed by atoms with Crippen molar-refractivity contribution in [2.24, 2.45) is 17.8 Å². The third-order valence-electron chi connectivity index (χ3n) is 9.03. The fraction of sp³-hybridized carbons (Fsp3) is 0.829. The second-order valence-electron chi connectivity index (χ2n) is 13.8. The molecule has 5 amide bonds. The second kappa shape index (κ2) is 23.2. The highest BCUT2D eigenvalue weighted by Crippen LogP contribution is 2.27. The fourth-order valence-corrected chi connectivity index (χ4v) is 6.14. The summed E-state index contributed by atoms with van der Waals surface area (Å²) in [6.45, 7) is 11.7. The summed E-state index contributed by atoms with van der Waals surface area (Å²) in [7, 11) is 0. The number of aliphatic hydroxyl groups is 1. The molecule has 6 atom stereocenters. The van der Waals surface area contributed by atoms with E-state index < -0.39 is 59.9 Å². The smallest absolute Gasteiger partial charge is 0.303 e. The zero-order valence-electron chi connectivity index (χ0n) is 30.1. The number of aliphatic hydroxyl groups excluding tert-OH is 1. The van der Waals surface area contributed by atoms with Crippen LogP contribution in [0.25, 0.3) is 0 Å². The first-order chi connectivity index (χ1) is 22.7. The third-order valence-corrected chi connectivity index (χ3v) is 9.03. The van der Waals surface area contributed by atoms with Gasteiger partial charge in [0.05, 0.1) is 18.6 Å². The van der Waals surface area contributed by atoms with Crippen molar-refractivity contribution in [3.05, 3.63) is 0 Å². The van der Waals surface area contributed by atoms with Gasteiger partial charge in [0.15, 0.2) is 0 Å². The first kappa shape index (κ1) is 42.8. The lowest BCUT2D eigenvalue weighted by atomic mass is 9.84. The summed E-state index contributed by atoms with van der Waals surface area (Å²) in [4.78, 5) is 76.2. The maximum absolute atomic E-state index is 13.6. The van der Waals surface area contributed by atoms with Crippen molar-refractivity contribution in [3.8, 4) is 0 Å². The van der Waals surface area contributed by atoms with Gasteiger partial charge in [-0.15, -0.1) is 0 Å². The fourth-order valence-electron chi connectivity index (χ4n) is 6.14. The molecule has 0 unspecified atom stereocenters. The van der Waals surface area contributed by atoms with Gasteiger partial charge in [-0.25, -0.2) is 0 Å². The Morgan fingerprint density at radius 1 is 0.771 bits per heavy atom. The van der Waals surface area contributed by atoms with Crippen molar-refractivity contribution in [1.82, 2.24) is 26.6 Å². The highest BCUT2D eigenvalue weighted by atomic mass is 16.4. The number of carbonyl (C=O) groups excluding carboxylic acids is 5. The molecule has 13 nitrogen and oxygen atoms in total. The minimum absolute atomic E-state index is 0.0433. The van der Waals surface area contributed by atoms with E-state index in [1.54, 1.807) is 0 Å². The number of hydrogen-bond acceptors (Lipinski definition) is 7. The normalized spacial score (nSPS) is 17.2. The van der Waals surface area contributed by atoms with Crippen molar-refractivity contribution in [1.29, 1.82) is 0 Å². The second-order valence-corrected chi connectivity index (χ2v) is 13.8. The lowest BCUT2D eigenvalue weighted by Gasteiger charge is -2.30. The molecule has 0 aromatic rings. The molecule has 1 fully saturated rings. The predicted molar refractivity (Wildman–Crippen MR) is 184 cm³/mol. The minimum atomic E-state index is -1.24. The van der Waals surface area contributed by atoms with E-state index in [1.807, 2.05) is 41.5 Å². The average molecular weight is 682 g/mol. The van der Waals surface area contributed by atoms with Crippen molar-refractivity contribution < 1.29 is 39.0 Å². The standard InChI is InChI=1S/C35H63N5O8/c1-7-14-25(38-35(48)32(23(6)8-2)40-29(42)17-13-18-31(44)45)34(47)39-26(19-22(4)5)28(41)21-30(43)37-27(33(46)36-9-3)20-24-15-11-10-12-16-24/h22-28,32,41H,7-21H2,1-6H3,(H,36,46)(H,37,43)(H,38,48)(H,39,47)(H,40,42)(H,44,45)/t23-,25-,26-,27-,28-,32-/m0/s1. The van der Waals surface area contributed by atoms with Crippen LogP contribution in [0.3, 0.4) is 0 Å². The summed E-state index contributed by atoms with van der Waals surface area (Å²) in [6, 6.07) is -3.37. The van der Waals surface area contributed by atoms with E-state index in [4.69, 9.17) is 5.11 Å². The molecule has 1 saturated carbocycles. The Bertz CT molecular complexity index is 1030. The molecule has 0 aromatic carbocycles. The first-order valence-corrected chi connectivity index (χ1v) is 18.1. The van der Waals surface area contributed by atoms with E-state index >= 15 is 0 Å². The Labute approximate surface area is 286 Å². The first-order valence-electron chi connectivity index (χ1n) is 18.1. The van der Waals surface area contributed by atoms with Gasteiger partial charge in [-0.1, -0.05) is 79.6 Å². The topological polar surface area (TPSA) is 203 Å². The molecule has 0 spiro atoms. The molecule has 1 aliphatic rings. The van der Waals surface area contributed by atoms with E-state index in [2.05, 4.69) is 26.6 Å². The lowest BCUT2D eigenvalue weighted by molar-refractivity contribution is -0.137. The van der Waals surface area contributed by atoms with Gasteiger partial charge in [-0.3, -0.25) is 28.8 Å². The van der Waals surface area contributed by atoms with Crippen LogP contribution in [0.4, 0.5) is 0 Å². The number of carboxylic acids is 1. The maximum atomic E-state index is 13.6. The molecule has 0 aliphatic heterocycles. The molecule has 0 aromatic heterocycles. The van der Waals surface area contributed by atoms with Crippen LogP contribution >= 0.6 is 0 Å². The summed E-state index contributed by atoms with van der Waals surface area (Å²) < 4.78 is 0. The Kier molecular flexibility index (Phi) is 20.7. The summed E-state index contributed by atoms with van der Waals surface area (Å²) in [6.07, 6.45) is 6.17. The van der Waals surface area contributed by atoms with Gasteiger partial charge in [0.1, 0.15) is 18.1 Å². The highest BCUT2D eigenvalue weighted by molar-refractivity contribution is 5.92. The van der Waals surface area contributed by atoms with E-state index in [-0.39, 0.29) is 43.4 Å². The van der Waals surface area contributed by atoms with Crippen LogP contribution < -0.4 is 26.6 Å². The van der Waals surface area contributed by atoms with Crippen LogP contribution in [0.1, 0.15) is 131 Å². The van der Waals surface area contributed by atoms with Crippen LogP contribution in [0.5, 0.6) is 0 Å². The largest absolute Gasteiger partial charge is 0.481 e. The van der Waals surface area contributed by atoms with Crippen molar-refractivity contribution >= 4 is 35.5 Å².